The van der Waals surface area contributed by atoms with Crippen LogP contribution in [0.4, 0.5) is 8.78 Å². The summed E-state index contributed by atoms with van der Waals surface area (Å²) < 4.78 is 27.2. The van der Waals surface area contributed by atoms with Gasteiger partial charge in [-0.05, 0) is 37.6 Å². The van der Waals surface area contributed by atoms with Gasteiger partial charge < -0.3 is 5.11 Å². The molecule has 0 aliphatic carbocycles. The molecule has 0 fully saturated rings. The number of rotatable bonds is 4. The zero-order valence-electron chi connectivity index (χ0n) is 12.1. The van der Waals surface area contributed by atoms with Crippen LogP contribution in [0.15, 0.2) is 29.3 Å². The van der Waals surface area contributed by atoms with Gasteiger partial charge >= 0.3 is 0 Å². The normalized spacial score (nSPS) is 12.0. The Bertz CT molecular complexity index is 723. The second-order valence-electron chi connectivity index (χ2n) is 4.83. The number of pyridine rings is 1. The average molecular weight is 320 g/mol. The van der Waals surface area contributed by atoms with Crippen molar-refractivity contribution in [3.63, 3.8) is 0 Å². The van der Waals surface area contributed by atoms with Crippen molar-refractivity contribution in [2.75, 3.05) is 5.75 Å². The number of halogens is 2. The zero-order valence-corrected chi connectivity index (χ0v) is 12.9. The van der Waals surface area contributed by atoms with Crippen LogP contribution in [-0.2, 0) is 0 Å². The first kappa shape index (κ1) is 16.4. The van der Waals surface area contributed by atoms with E-state index in [9.17, 15) is 19.1 Å². The van der Waals surface area contributed by atoms with Crippen LogP contribution in [-0.4, -0.2) is 15.8 Å². The summed E-state index contributed by atoms with van der Waals surface area (Å²) in [6.07, 6.45) is -1.32. The minimum atomic E-state index is -1.32. The van der Waals surface area contributed by atoms with Crippen molar-refractivity contribution in [2.45, 2.75) is 25.0 Å². The number of thioether (sulfide) groups is 1. The molecule has 0 bridgehead atoms. The van der Waals surface area contributed by atoms with Crippen LogP contribution in [0.3, 0.4) is 0 Å². The molecule has 22 heavy (non-hydrogen) atoms. The number of aryl methyl sites for hydroxylation is 2. The summed E-state index contributed by atoms with van der Waals surface area (Å²) in [5.74, 6) is -1.58. The van der Waals surface area contributed by atoms with Crippen LogP contribution in [0.1, 0.15) is 28.5 Å². The molecule has 0 saturated heterocycles. The second-order valence-corrected chi connectivity index (χ2v) is 5.84. The number of nitriles is 1. The van der Waals surface area contributed by atoms with E-state index in [-0.39, 0.29) is 11.3 Å². The molecule has 1 aromatic heterocycles. The standard InChI is InChI=1S/C16H14F2N2OS/c1-9-6-10(2)20-16(11(9)7-19)22-8-14(21)15-12(17)4-3-5-13(15)18/h3-6,14,21H,8H2,1-2H3. The SMILES string of the molecule is Cc1cc(C)c(C#N)c(SCC(O)c2c(F)cccc2F)n1. The first-order valence-electron chi connectivity index (χ1n) is 6.57. The number of hydrogen-bond donors (Lipinski definition) is 1. The van der Waals surface area contributed by atoms with Crippen LogP contribution in [0.5, 0.6) is 0 Å². The maximum atomic E-state index is 13.6. The fourth-order valence-electron chi connectivity index (χ4n) is 2.11. The van der Waals surface area contributed by atoms with E-state index in [4.69, 9.17) is 0 Å². The van der Waals surface area contributed by atoms with E-state index in [2.05, 4.69) is 11.1 Å². The average Bonchev–Trinajstić information content (AvgIpc) is 2.44. The third-order valence-electron chi connectivity index (χ3n) is 3.13. The van der Waals surface area contributed by atoms with Crippen molar-refractivity contribution in [1.82, 2.24) is 4.98 Å². The molecule has 0 spiro atoms. The molecule has 0 amide bonds. The Hall–Kier alpha value is -1.97. The molecule has 0 radical (unpaired) electrons. The molecule has 1 N–H and O–H groups in total. The molecular weight excluding hydrogens is 306 g/mol. The summed E-state index contributed by atoms with van der Waals surface area (Å²) >= 11 is 1.10. The van der Waals surface area contributed by atoms with Gasteiger partial charge in [-0.2, -0.15) is 5.26 Å². The molecule has 1 unspecified atom stereocenters. The molecular formula is C16H14F2N2OS. The van der Waals surface area contributed by atoms with Crippen molar-refractivity contribution in [1.29, 1.82) is 5.26 Å². The highest BCUT2D eigenvalue weighted by Crippen LogP contribution is 2.29. The maximum absolute atomic E-state index is 13.6. The molecule has 2 aromatic rings. The van der Waals surface area contributed by atoms with Gasteiger partial charge in [-0.15, -0.1) is 11.8 Å². The Balaban J connectivity index is 2.22. The van der Waals surface area contributed by atoms with Gasteiger partial charge in [0.2, 0.25) is 0 Å². The summed E-state index contributed by atoms with van der Waals surface area (Å²) in [5.41, 5.74) is 1.57. The van der Waals surface area contributed by atoms with E-state index in [1.54, 1.807) is 19.9 Å². The predicted octanol–water partition coefficient (Wildman–Crippen LogP) is 3.67. The Morgan fingerprint density at radius 3 is 2.55 bits per heavy atom. The first-order chi connectivity index (χ1) is 10.4. The van der Waals surface area contributed by atoms with Crippen LogP contribution in [0.25, 0.3) is 0 Å². The smallest absolute Gasteiger partial charge is 0.131 e. The number of aliphatic hydroxyl groups is 1. The number of nitrogens with zero attached hydrogens (tertiary/aromatic N) is 2. The van der Waals surface area contributed by atoms with E-state index >= 15 is 0 Å². The van der Waals surface area contributed by atoms with Crippen LogP contribution in [0.2, 0.25) is 0 Å². The third-order valence-corrected chi connectivity index (χ3v) is 4.19. The highest BCUT2D eigenvalue weighted by molar-refractivity contribution is 7.99. The van der Waals surface area contributed by atoms with E-state index in [1.165, 1.54) is 6.07 Å². The lowest BCUT2D eigenvalue weighted by molar-refractivity contribution is 0.193. The van der Waals surface area contributed by atoms with Crippen LogP contribution < -0.4 is 0 Å². The molecule has 1 heterocycles. The van der Waals surface area contributed by atoms with Gasteiger partial charge in [-0.25, -0.2) is 13.8 Å². The summed E-state index contributed by atoms with van der Waals surface area (Å²) in [6, 6.07) is 7.29. The fraction of sp³-hybridized carbons (Fsp3) is 0.250. The van der Waals surface area contributed by atoms with Gasteiger partial charge in [0.05, 0.1) is 17.2 Å². The zero-order chi connectivity index (χ0) is 16.3. The van der Waals surface area contributed by atoms with Gasteiger partial charge in [0.25, 0.3) is 0 Å². The Labute approximate surface area is 131 Å². The molecule has 0 saturated carbocycles. The lowest BCUT2D eigenvalue weighted by Crippen LogP contribution is -2.07. The van der Waals surface area contributed by atoms with E-state index in [0.717, 1.165) is 35.2 Å². The lowest BCUT2D eigenvalue weighted by atomic mass is 10.1. The van der Waals surface area contributed by atoms with E-state index in [0.29, 0.717) is 10.6 Å². The van der Waals surface area contributed by atoms with Gasteiger partial charge in [0, 0.05) is 11.4 Å². The van der Waals surface area contributed by atoms with Crippen molar-refractivity contribution in [3.8, 4) is 6.07 Å². The van der Waals surface area contributed by atoms with Crippen molar-refractivity contribution in [2.24, 2.45) is 0 Å². The number of benzene rings is 1. The molecule has 2 rings (SSSR count). The highest BCUT2D eigenvalue weighted by atomic mass is 32.2. The maximum Gasteiger partial charge on any atom is 0.131 e. The van der Waals surface area contributed by atoms with Crippen molar-refractivity contribution < 1.29 is 13.9 Å². The number of aromatic nitrogens is 1. The van der Waals surface area contributed by atoms with Crippen molar-refractivity contribution in [3.05, 3.63) is 58.3 Å². The van der Waals surface area contributed by atoms with Gasteiger partial charge in [0.15, 0.2) is 0 Å². The third kappa shape index (κ3) is 3.43. The summed E-state index contributed by atoms with van der Waals surface area (Å²) in [5, 5.41) is 19.7. The minimum absolute atomic E-state index is 0.00241. The molecule has 0 aliphatic heterocycles. The minimum Gasteiger partial charge on any atom is -0.387 e. The molecule has 3 nitrogen and oxygen atoms in total. The predicted molar refractivity (Wildman–Crippen MR) is 80.5 cm³/mol. The second kappa shape index (κ2) is 6.86. The number of hydrogen-bond acceptors (Lipinski definition) is 4. The highest BCUT2D eigenvalue weighted by Gasteiger charge is 2.19. The van der Waals surface area contributed by atoms with Gasteiger partial charge in [0.1, 0.15) is 22.7 Å². The topological polar surface area (TPSA) is 56.9 Å². The largest absolute Gasteiger partial charge is 0.387 e. The number of aliphatic hydroxyl groups excluding tert-OH is 1. The molecule has 114 valence electrons. The Morgan fingerprint density at radius 1 is 1.32 bits per heavy atom. The van der Waals surface area contributed by atoms with E-state index in [1.807, 2.05) is 0 Å². The summed E-state index contributed by atoms with van der Waals surface area (Å²) in [4.78, 5) is 4.26. The first-order valence-corrected chi connectivity index (χ1v) is 7.55. The lowest BCUT2D eigenvalue weighted by Gasteiger charge is -2.13. The summed E-state index contributed by atoms with van der Waals surface area (Å²) in [7, 11) is 0. The molecule has 6 heteroatoms. The summed E-state index contributed by atoms with van der Waals surface area (Å²) in [6.45, 7) is 3.59. The fourth-order valence-corrected chi connectivity index (χ4v) is 3.16. The van der Waals surface area contributed by atoms with Crippen LogP contribution in [0, 0.1) is 36.8 Å². The van der Waals surface area contributed by atoms with E-state index < -0.39 is 17.7 Å². The quantitative estimate of drug-likeness (QED) is 0.873. The molecule has 1 atom stereocenters. The van der Waals surface area contributed by atoms with Gasteiger partial charge in [-0.1, -0.05) is 6.07 Å². The van der Waals surface area contributed by atoms with Crippen molar-refractivity contribution >= 4 is 11.8 Å². The Kier molecular flexibility index (Phi) is 5.11. The Morgan fingerprint density at radius 2 is 1.95 bits per heavy atom. The monoisotopic (exact) mass is 320 g/mol. The van der Waals surface area contributed by atoms with Gasteiger partial charge in [-0.3, -0.25) is 0 Å². The molecule has 1 aromatic carbocycles. The molecule has 0 aliphatic rings. The van der Waals surface area contributed by atoms with Crippen LogP contribution >= 0.6 is 11.8 Å².